The van der Waals surface area contributed by atoms with E-state index in [0.29, 0.717) is 11.3 Å². The lowest BCUT2D eigenvalue weighted by Crippen LogP contribution is -2.21. The predicted molar refractivity (Wildman–Crippen MR) is 76.1 cm³/mol. The molecule has 8 nitrogen and oxygen atoms in total. The first-order chi connectivity index (χ1) is 9.43. The second-order valence-corrected chi connectivity index (χ2v) is 3.97. The van der Waals surface area contributed by atoms with Gasteiger partial charge in [-0.1, -0.05) is 11.6 Å². The van der Waals surface area contributed by atoms with Gasteiger partial charge in [-0.15, -0.1) is 5.10 Å². The van der Waals surface area contributed by atoms with Crippen LogP contribution in [0.25, 0.3) is 0 Å². The molecule has 1 aromatic rings. The molecule has 0 aromatic heterocycles. The van der Waals surface area contributed by atoms with Crippen molar-refractivity contribution in [1.29, 1.82) is 0 Å². The number of ether oxygens (including phenoxy) is 2. The van der Waals surface area contributed by atoms with Crippen LogP contribution in [0.3, 0.4) is 0 Å². The first-order valence-corrected chi connectivity index (χ1v) is 5.72. The van der Waals surface area contributed by atoms with E-state index < -0.39 is 5.91 Å². The van der Waals surface area contributed by atoms with Crippen LogP contribution in [0.4, 0.5) is 0 Å². The van der Waals surface area contributed by atoms with E-state index >= 15 is 0 Å². The lowest BCUT2D eigenvalue weighted by molar-refractivity contribution is -0.119. The molecule has 0 aliphatic rings. The Morgan fingerprint density at radius 2 is 2.10 bits per heavy atom. The van der Waals surface area contributed by atoms with Gasteiger partial charge in [0.15, 0.2) is 18.1 Å². The summed E-state index contributed by atoms with van der Waals surface area (Å²) in [6.45, 7) is -0.308. The molecule has 0 spiro atoms. The second kappa shape index (κ2) is 7.19. The zero-order valence-corrected chi connectivity index (χ0v) is 11.4. The van der Waals surface area contributed by atoms with E-state index in [1.807, 2.05) is 0 Å². The van der Waals surface area contributed by atoms with Crippen LogP contribution in [0.5, 0.6) is 11.5 Å². The van der Waals surface area contributed by atoms with E-state index in [9.17, 15) is 4.79 Å². The van der Waals surface area contributed by atoms with Crippen molar-refractivity contribution in [2.45, 2.75) is 0 Å². The van der Waals surface area contributed by atoms with Gasteiger partial charge >= 0.3 is 0 Å². The summed E-state index contributed by atoms with van der Waals surface area (Å²) in [7, 11) is 1.43. The average molecular weight is 300 g/mol. The quantitative estimate of drug-likeness (QED) is 0.380. The summed E-state index contributed by atoms with van der Waals surface area (Å²) in [6.07, 6.45) is 1.38. The van der Waals surface area contributed by atoms with Crippen LogP contribution >= 0.6 is 11.6 Å². The molecule has 108 valence electrons. The third kappa shape index (κ3) is 4.65. The van der Waals surface area contributed by atoms with Gasteiger partial charge in [0.2, 0.25) is 5.96 Å². The SMILES string of the molecule is COc1cc(C=NN=C(N)N)cc(Cl)c1OCC(N)=O. The highest BCUT2D eigenvalue weighted by Crippen LogP contribution is 2.35. The molecule has 1 amide bonds. The van der Waals surface area contributed by atoms with Crippen LogP contribution in [0.2, 0.25) is 5.02 Å². The van der Waals surface area contributed by atoms with Gasteiger partial charge in [-0.05, 0) is 12.1 Å². The molecule has 0 bridgehead atoms. The maximum absolute atomic E-state index is 10.7. The van der Waals surface area contributed by atoms with Gasteiger partial charge in [0.1, 0.15) is 0 Å². The Bertz CT molecular complexity index is 555. The van der Waals surface area contributed by atoms with Crippen LogP contribution in [0.1, 0.15) is 5.56 Å². The summed E-state index contributed by atoms with van der Waals surface area (Å²) in [4.78, 5) is 10.7. The van der Waals surface area contributed by atoms with Gasteiger partial charge < -0.3 is 26.7 Å². The normalized spacial score (nSPS) is 10.3. The van der Waals surface area contributed by atoms with Gasteiger partial charge in [0, 0.05) is 5.56 Å². The van der Waals surface area contributed by atoms with Gasteiger partial charge in [0.25, 0.3) is 5.91 Å². The van der Waals surface area contributed by atoms with E-state index in [2.05, 4.69) is 10.2 Å². The number of guanidine groups is 1. The van der Waals surface area contributed by atoms with Crippen LogP contribution in [0, 0.1) is 0 Å². The molecule has 0 radical (unpaired) electrons. The van der Waals surface area contributed by atoms with Crippen molar-refractivity contribution in [3.63, 3.8) is 0 Å². The number of carbonyl (C=O) groups is 1. The molecule has 0 saturated heterocycles. The summed E-state index contributed by atoms with van der Waals surface area (Å²) in [6, 6.07) is 3.14. The zero-order chi connectivity index (χ0) is 15.1. The standard InChI is InChI=1S/C11H14ClN5O3/c1-19-8-3-6(4-16-17-11(14)15)2-7(12)10(8)20-5-9(13)18/h2-4H,5H2,1H3,(H2,13,18)(H4,14,15,17). The van der Waals surface area contributed by atoms with Gasteiger partial charge in [-0.25, -0.2) is 0 Å². The highest BCUT2D eigenvalue weighted by molar-refractivity contribution is 6.32. The minimum Gasteiger partial charge on any atom is -0.493 e. The largest absolute Gasteiger partial charge is 0.493 e. The van der Waals surface area contributed by atoms with E-state index in [1.54, 1.807) is 12.1 Å². The van der Waals surface area contributed by atoms with Crippen molar-refractivity contribution in [2.75, 3.05) is 13.7 Å². The van der Waals surface area contributed by atoms with Crippen molar-refractivity contribution < 1.29 is 14.3 Å². The number of nitrogens with two attached hydrogens (primary N) is 3. The molecule has 0 fully saturated rings. The zero-order valence-electron chi connectivity index (χ0n) is 10.7. The Hall–Kier alpha value is -2.48. The fraction of sp³-hybridized carbons (Fsp3) is 0.182. The molecule has 0 aliphatic carbocycles. The summed E-state index contributed by atoms with van der Waals surface area (Å²) < 4.78 is 10.3. The fourth-order valence-electron chi connectivity index (χ4n) is 1.26. The minimum absolute atomic E-state index is 0.166. The van der Waals surface area contributed by atoms with E-state index in [1.165, 1.54) is 13.3 Å². The lowest BCUT2D eigenvalue weighted by atomic mass is 10.2. The Balaban J connectivity index is 3.03. The third-order valence-electron chi connectivity index (χ3n) is 1.99. The monoisotopic (exact) mass is 299 g/mol. The molecular weight excluding hydrogens is 286 g/mol. The fourth-order valence-corrected chi connectivity index (χ4v) is 1.53. The highest BCUT2D eigenvalue weighted by Gasteiger charge is 2.12. The van der Waals surface area contributed by atoms with Crippen molar-refractivity contribution in [3.8, 4) is 11.5 Å². The van der Waals surface area contributed by atoms with Crippen molar-refractivity contribution in [2.24, 2.45) is 27.4 Å². The molecule has 0 atom stereocenters. The molecule has 1 aromatic carbocycles. The Kier molecular flexibility index (Phi) is 5.60. The second-order valence-electron chi connectivity index (χ2n) is 3.56. The topological polar surface area (TPSA) is 138 Å². The van der Waals surface area contributed by atoms with Crippen LogP contribution < -0.4 is 26.7 Å². The number of nitrogens with zero attached hydrogens (tertiary/aromatic N) is 2. The number of methoxy groups -OCH3 is 1. The number of rotatable bonds is 6. The van der Waals surface area contributed by atoms with Crippen molar-refractivity contribution >= 4 is 29.7 Å². The van der Waals surface area contributed by atoms with Crippen LogP contribution in [-0.4, -0.2) is 31.8 Å². The third-order valence-corrected chi connectivity index (χ3v) is 2.27. The number of hydrogen-bond acceptors (Lipinski definition) is 5. The molecule has 0 unspecified atom stereocenters. The maximum Gasteiger partial charge on any atom is 0.255 e. The summed E-state index contributed by atoms with van der Waals surface area (Å²) in [5.41, 5.74) is 15.9. The molecule has 0 aliphatic heterocycles. The maximum atomic E-state index is 10.7. The summed E-state index contributed by atoms with van der Waals surface area (Å²) in [5, 5.41) is 7.33. The van der Waals surface area contributed by atoms with Crippen LogP contribution in [-0.2, 0) is 4.79 Å². The summed E-state index contributed by atoms with van der Waals surface area (Å²) >= 11 is 6.03. The number of carbonyl (C=O) groups excluding carboxylic acids is 1. The predicted octanol–water partition coefficient (Wildman–Crippen LogP) is -0.180. The highest BCUT2D eigenvalue weighted by atomic mass is 35.5. The first kappa shape index (κ1) is 15.6. The molecule has 1 rings (SSSR count). The lowest BCUT2D eigenvalue weighted by Gasteiger charge is -2.11. The first-order valence-electron chi connectivity index (χ1n) is 5.34. The number of benzene rings is 1. The van der Waals surface area contributed by atoms with Gasteiger partial charge in [-0.2, -0.15) is 5.10 Å². The Labute approximate surface area is 120 Å². The molecular formula is C11H14ClN5O3. The minimum atomic E-state index is -0.624. The van der Waals surface area contributed by atoms with Crippen molar-refractivity contribution in [1.82, 2.24) is 0 Å². The molecule has 20 heavy (non-hydrogen) atoms. The molecule has 0 heterocycles. The smallest absolute Gasteiger partial charge is 0.255 e. The molecule has 6 N–H and O–H groups in total. The average Bonchev–Trinajstić information content (AvgIpc) is 2.36. The molecule has 0 saturated carbocycles. The van der Waals surface area contributed by atoms with E-state index in [0.717, 1.165) is 0 Å². The Morgan fingerprint density at radius 1 is 1.40 bits per heavy atom. The van der Waals surface area contributed by atoms with E-state index in [-0.39, 0.29) is 23.3 Å². The number of hydrogen-bond donors (Lipinski definition) is 3. The number of amides is 1. The Morgan fingerprint density at radius 3 is 2.65 bits per heavy atom. The summed E-state index contributed by atoms with van der Waals surface area (Å²) in [5.74, 6) is -0.251. The van der Waals surface area contributed by atoms with Gasteiger partial charge in [-0.3, -0.25) is 4.79 Å². The van der Waals surface area contributed by atoms with Crippen LogP contribution in [0.15, 0.2) is 22.3 Å². The van der Waals surface area contributed by atoms with E-state index in [4.69, 9.17) is 38.3 Å². The number of primary amides is 1. The van der Waals surface area contributed by atoms with Gasteiger partial charge in [0.05, 0.1) is 18.3 Å². The van der Waals surface area contributed by atoms with Crippen molar-refractivity contribution in [3.05, 3.63) is 22.7 Å². The number of halogens is 1. The molecule has 9 heteroatoms.